The Morgan fingerprint density at radius 3 is 1.58 bits per heavy atom. The van der Waals surface area contributed by atoms with Crippen molar-refractivity contribution in [3.05, 3.63) is 108 Å². The van der Waals surface area contributed by atoms with Crippen LogP contribution in [0.15, 0.2) is 91.0 Å². The summed E-state index contributed by atoms with van der Waals surface area (Å²) in [7, 11) is 0. The third kappa shape index (κ3) is 5.00. The van der Waals surface area contributed by atoms with Crippen molar-refractivity contribution in [3.63, 3.8) is 0 Å². The van der Waals surface area contributed by atoms with Crippen molar-refractivity contribution in [1.82, 2.24) is 5.32 Å². The highest BCUT2D eigenvalue weighted by Gasteiger charge is 2.39. The summed E-state index contributed by atoms with van der Waals surface area (Å²) in [4.78, 5) is 25.9. The van der Waals surface area contributed by atoms with Gasteiger partial charge in [-0.3, -0.25) is 9.59 Å². The second-order valence-corrected chi connectivity index (χ2v) is 9.03. The Morgan fingerprint density at radius 2 is 1.18 bits per heavy atom. The van der Waals surface area contributed by atoms with Crippen LogP contribution < -0.4 is 11.1 Å². The minimum Gasteiger partial charge on any atom is -0.368 e. The lowest BCUT2D eigenvalue weighted by atomic mass is 9.67. The summed E-state index contributed by atoms with van der Waals surface area (Å²) in [6, 6.07) is 29.8. The number of primary amides is 1. The summed E-state index contributed by atoms with van der Waals surface area (Å²) in [6.45, 7) is 0. The fourth-order valence-corrected chi connectivity index (χ4v) is 5.33. The zero-order chi connectivity index (χ0) is 23.1. The van der Waals surface area contributed by atoms with Gasteiger partial charge in [-0.15, -0.1) is 0 Å². The summed E-state index contributed by atoms with van der Waals surface area (Å²) >= 11 is 0. The number of nitrogens with two attached hydrogens (primary N) is 1. The van der Waals surface area contributed by atoms with Crippen molar-refractivity contribution in [3.8, 4) is 0 Å². The Kier molecular flexibility index (Phi) is 7.23. The molecule has 0 aliphatic heterocycles. The third-order valence-electron chi connectivity index (χ3n) is 6.97. The molecule has 0 radical (unpaired) electrons. The monoisotopic (exact) mass is 440 g/mol. The number of hydrogen-bond acceptors (Lipinski definition) is 2. The summed E-state index contributed by atoms with van der Waals surface area (Å²) in [5, 5.41) is 3.04. The van der Waals surface area contributed by atoms with E-state index in [1.54, 1.807) is 0 Å². The highest BCUT2D eigenvalue weighted by atomic mass is 16.2. The number of amides is 2. The summed E-state index contributed by atoms with van der Waals surface area (Å²) < 4.78 is 0. The molecule has 0 unspecified atom stereocenters. The normalized spacial score (nSPS) is 15.5. The average Bonchev–Trinajstić information content (AvgIpc) is 2.88. The van der Waals surface area contributed by atoms with Gasteiger partial charge in [0.2, 0.25) is 11.8 Å². The SMILES string of the molecule is NC(=O)[C@@H](NC(=O)CC(c1ccccc1)(c1ccccc1)c1ccccc1)C1CCCCC1. The zero-order valence-electron chi connectivity index (χ0n) is 19.0. The van der Waals surface area contributed by atoms with Crippen LogP contribution in [0.3, 0.4) is 0 Å². The van der Waals surface area contributed by atoms with Gasteiger partial charge in [-0.1, -0.05) is 110 Å². The van der Waals surface area contributed by atoms with Crippen molar-refractivity contribution in [2.45, 2.75) is 50.0 Å². The van der Waals surface area contributed by atoms with Crippen molar-refractivity contribution in [2.24, 2.45) is 11.7 Å². The van der Waals surface area contributed by atoms with E-state index in [-0.39, 0.29) is 18.2 Å². The van der Waals surface area contributed by atoms with Gasteiger partial charge in [0.15, 0.2) is 0 Å². The zero-order valence-corrected chi connectivity index (χ0v) is 19.0. The maximum atomic E-state index is 13.6. The Labute approximate surface area is 196 Å². The molecule has 1 aliphatic rings. The highest BCUT2D eigenvalue weighted by molar-refractivity contribution is 5.88. The Morgan fingerprint density at radius 1 is 0.758 bits per heavy atom. The summed E-state index contributed by atoms with van der Waals surface area (Å²) in [6.07, 6.45) is 5.36. The van der Waals surface area contributed by atoms with E-state index in [2.05, 4.69) is 41.7 Å². The molecular formula is C29H32N2O2. The first-order valence-electron chi connectivity index (χ1n) is 11.9. The Hall–Kier alpha value is -3.40. The number of benzene rings is 3. The van der Waals surface area contributed by atoms with Crippen LogP contribution in [0.2, 0.25) is 0 Å². The number of rotatable bonds is 8. The van der Waals surface area contributed by atoms with E-state index in [0.29, 0.717) is 0 Å². The molecule has 3 aromatic carbocycles. The van der Waals surface area contributed by atoms with Gasteiger partial charge in [-0.2, -0.15) is 0 Å². The lowest BCUT2D eigenvalue weighted by Gasteiger charge is -2.36. The van der Waals surface area contributed by atoms with Crippen LogP contribution in [0, 0.1) is 5.92 Å². The highest BCUT2D eigenvalue weighted by Crippen LogP contribution is 2.42. The van der Waals surface area contributed by atoms with Crippen molar-refractivity contribution in [2.75, 3.05) is 0 Å². The maximum Gasteiger partial charge on any atom is 0.240 e. The molecule has 1 fully saturated rings. The molecule has 1 aliphatic carbocycles. The molecule has 4 nitrogen and oxygen atoms in total. The molecule has 1 atom stereocenters. The van der Waals surface area contributed by atoms with Crippen LogP contribution in [0.1, 0.15) is 55.2 Å². The number of hydrogen-bond donors (Lipinski definition) is 2. The van der Waals surface area contributed by atoms with Crippen LogP contribution in [0.25, 0.3) is 0 Å². The molecule has 3 aromatic rings. The smallest absolute Gasteiger partial charge is 0.240 e. The van der Waals surface area contributed by atoms with E-state index in [0.717, 1.165) is 42.4 Å². The Balaban J connectivity index is 1.75. The first-order valence-corrected chi connectivity index (χ1v) is 11.9. The average molecular weight is 441 g/mol. The van der Waals surface area contributed by atoms with Crippen LogP contribution in [-0.4, -0.2) is 17.9 Å². The first kappa shape index (κ1) is 22.8. The van der Waals surface area contributed by atoms with E-state index in [9.17, 15) is 9.59 Å². The quantitative estimate of drug-likeness (QED) is 0.486. The second kappa shape index (κ2) is 10.5. The minimum absolute atomic E-state index is 0.111. The summed E-state index contributed by atoms with van der Waals surface area (Å²) in [5.74, 6) is -0.499. The molecule has 4 rings (SSSR count). The number of carbonyl (C=O) groups excluding carboxylic acids is 2. The lowest BCUT2D eigenvalue weighted by Crippen LogP contribution is -2.51. The molecule has 0 saturated heterocycles. The lowest BCUT2D eigenvalue weighted by molar-refractivity contribution is -0.129. The largest absolute Gasteiger partial charge is 0.368 e. The Bertz CT molecular complexity index is 948. The van der Waals surface area contributed by atoms with Crippen molar-refractivity contribution < 1.29 is 9.59 Å². The molecule has 4 heteroatoms. The van der Waals surface area contributed by atoms with E-state index < -0.39 is 17.4 Å². The molecular weight excluding hydrogens is 408 g/mol. The van der Waals surface area contributed by atoms with Gasteiger partial charge in [0.25, 0.3) is 0 Å². The fraction of sp³-hybridized carbons (Fsp3) is 0.310. The van der Waals surface area contributed by atoms with Gasteiger partial charge in [0.1, 0.15) is 6.04 Å². The predicted octanol–water partition coefficient (Wildman–Crippen LogP) is 4.96. The fourth-order valence-electron chi connectivity index (χ4n) is 5.33. The van der Waals surface area contributed by atoms with Crippen molar-refractivity contribution in [1.29, 1.82) is 0 Å². The van der Waals surface area contributed by atoms with Crippen LogP contribution in [-0.2, 0) is 15.0 Å². The molecule has 170 valence electrons. The number of carbonyl (C=O) groups is 2. The van der Waals surface area contributed by atoms with E-state index >= 15 is 0 Å². The standard InChI is InChI=1S/C29H32N2O2/c30-28(33)27(22-13-5-1-6-14-22)31-26(32)21-29(23-15-7-2-8-16-23,24-17-9-3-10-18-24)25-19-11-4-12-20-25/h2-4,7-12,15-20,22,27H,1,5-6,13-14,21H2,(H2,30,33)(H,31,32)/t27-/m0/s1. The molecule has 33 heavy (non-hydrogen) atoms. The van der Waals surface area contributed by atoms with Gasteiger partial charge < -0.3 is 11.1 Å². The second-order valence-electron chi connectivity index (χ2n) is 9.03. The van der Waals surface area contributed by atoms with E-state index in [1.807, 2.05) is 54.6 Å². The predicted molar refractivity (Wildman–Crippen MR) is 132 cm³/mol. The van der Waals surface area contributed by atoms with Crippen molar-refractivity contribution >= 4 is 11.8 Å². The van der Waals surface area contributed by atoms with E-state index in [1.165, 1.54) is 6.42 Å². The molecule has 2 amide bonds. The molecule has 3 N–H and O–H groups in total. The van der Waals surface area contributed by atoms with Crippen LogP contribution in [0.5, 0.6) is 0 Å². The van der Waals surface area contributed by atoms with E-state index in [4.69, 9.17) is 5.73 Å². The molecule has 0 heterocycles. The molecule has 0 bridgehead atoms. The van der Waals surface area contributed by atoms with Gasteiger partial charge in [0, 0.05) is 6.42 Å². The molecule has 0 spiro atoms. The molecule has 0 aromatic heterocycles. The van der Waals surface area contributed by atoms with Crippen LogP contribution >= 0.6 is 0 Å². The van der Waals surface area contributed by atoms with Gasteiger partial charge in [-0.05, 0) is 35.4 Å². The van der Waals surface area contributed by atoms with Gasteiger partial charge >= 0.3 is 0 Å². The van der Waals surface area contributed by atoms with Gasteiger partial charge in [0.05, 0.1) is 5.41 Å². The molecule has 1 saturated carbocycles. The van der Waals surface area contributed by atoms with Crippen LogP contribution in [0.4, 0.5) is 0 Å². The first-order chi connectivity index (χ1) is 16.1. The topological polar surface area (TPSA) is 72.2 Å². The number of nitrogens with one attached hydrogen (secondary N) is 1. The third-order valence-corrected chi connectivity index (χ3v) is 6.97. The minimum atomic E-state index is -0.692. The van der Waals surface area contributed by atoms with Gasteiger partial charge in [-0.25, -0.2) is 0 Å². The summed E-state index contributed by atoms with van der Waals surface area (Å²) in [5.41, 5.74) is 8.17. The maximum absolute atomic E-state index is 13.6.